The minimum absolute atomic E-state index is 0. The standard InChI is InChI=1S/C26H26N4O6S3.H3N/c1-36-26(32)29-21(15-17-6-3-2-4-7-17)24(31)27-20(22-16-38-25(28-22)23-8-5-13-37-23)14-18-9-11-19(12-10-18)30-39(33,34)35;/h2-13,16,20-21,30H,14-15H2,1H3,(H,27,31)(H,29,32)(H,33,34,35);1H3. The molecule has 11 nitrogen and oxygen atoms in total. The summed E-state index contributed by atoms with van der Waals surface area (Å²) in [4.78, 5) is 31.3. The molecule has 4 aromatic rings. The zero-order valence-corrected chi connectivity index (χ0v) is 23.9. The molecule has 2 unspecified atom stereocenters. The van der Waals surface area contributed by atoms with Gasteiger partial charge in [0.25, 0.3) is 0 Å². The Morgan fingerprint density at radius 1 is 0.950 bits per heavy atom. The second kappa shape index (κ2) is 14.0. The summed E-state index contributed by atoms with van der Waals surface area (Å²) in [6, 6.07) is 18.2. The number of hydrogen-bond acceptors (Lipinski definition) is 9. The third kappa shape index (κ3) is 8.86. The van der Waals surface area contributed by atoms with Crippen LogP contribution in [0.2, 0.25) is 0 Å². The summed E-state index contributed by atoms with van der Waals surface area (Å²) in [5.74, 6) is -0.412. The predicted octanol–water partition coefficient (Wildman–Crippen LogP) is 4.62. The van der Waals surface area contributed by atoms with Crippen molar-refractivity contribution in [2.24, 2.45) is 0 Å². The topological polar surface area (TPSA) is 182 Å². The number of benzene rings is 2. The Bertz CT molecular complexity index is 1490. The summed E-state index contributed by atoms with van der Waals surface area (Å²) in [7, 11) is -3.16. The van der Waals surface area contributed by atoms with Gasteiger partial charge in [-0.05, 0) is 41.1 Å². The first kappa shape index (κ1) is 30.7. The summed E-state index contributed by atoms with van der Waals surface area (Å²) >= 11 is 3.02. The van der Waals surface area contributed by atoms with Crippen LogP contribution >= 0.6 is 22.7 Å². The maximum Gasteiger partial charge on any atom is 0.407 e. The van der Waals surface area contributed by atoms with Crippen molar-refractivity contribution in [1.29, 1.82) is 0 Å². The lowest BCUT2D eigenvalue weighted by molar-refractivity contribution is -0.123. The number of aromatic nitrogens is 1. The maximum absolute atomic E-state index is 13.5. The maximum atomic E-state index is 13.5. The van der Waals surface area contributed by atoms with E-state index in [-0.39, 0.29) is 18.3 Å². The van der Waals surface area contributed by atoms with E-state index in [0.29, 0.717) is 12.1 Å². The smallest absolute Gasteiger partial charge is 0.407 e. The molecule has 0 aliphatic rings. The van der Waals surface area contributed by atoms with Gasteiger partial charge in [0.1, 0.15) is 11.0 Å². The van der Waals surface area contributed by atoms with Gasteiger partial charge in [-0.3, -0.25) is 14.1 Å². The second-order valence-electron chi connectivity index (χ2n) is 8.47. The summed E-state index contributed by atoms with van der Waals surface area (Å²) in [6.45, 7) is 0. The van der Waals surface area contributed by atoms with Crippen molar-refractivity contribution in [3.8, 4) is 9.88 Å². The first-order valence-corrected chi connectivity index (χ1v) is 14.9. The predicted molar refractivity (Wildman–Crippen MR) is 156 cm³/mol. The first-order chi connectivity index (χ1) is 18.7. The Morgan fingerprint density at radius 2 is 1.65 bits per heavy atom. The molecule has 14 heteroatoms. The molecule has 212 valence electrons. The van der Waals surface area contributed by atoms with Gasteiger partial charge in [-0.1, -0.05) is 48.5 Å². The molecule has 7 N–H and O–H groups in total. The van der Waals surface area contributed by atoms with E-state index < -0.39 is 34.4 Å². The van der Waals surface area contributed by atoms with Crippen molar-refractivity contribution in [3.63, 3.8) is 0 Å². The molecular formula is C26H29N5O6S3. The minimum Gasteiger partial charge on any atom is -0.453 e. The van der Waals surface area contributed by atoms with Crippen LogP contribution in [0.4, 0.5) is 10.5 Å². The zero-order chi connectivity index (χ0) is 27.8. The molecule has 2 aromatic carbocycles. The summed E-state index contributed by atoms with van der Waals surface area (Å²) in [6.07, 6.45) is -0.137. The molecule has 40 heavy (non-hydrogen) atoms. The first-order valence-electron chi connectivity index (χ1n) is 11.7. The van der Waals surface area contributed by atoms with E-state index in [9.17, 15) is 18.0 Å². The van der Waals surface area contributed by atoms with Gasteiger partial charge in [0.05, 0.1) is 29.4 Å². The van der Waals surface area contributed by atoms with Gasteiger partial charge in [-0.15, -0.1) is 22.7 Å². The highest BCUT2D eigenvalue weighted by molar-refractivity contribution is 7.87. The molecule has 0 fully saturated rings. The molecule has 0 aliphatic carbocycles. The quantitative estimate of drug-likeness (QED) is 0.154. The van der Waals surface area contributed by atoms with Crippen molar-refractivity contribution < 1.29 is 27.3 Å². The molecule has 0 bridgehead atoms. The number of alkyl carbamates (subject to hydrolysis) is 1. The number of thiophene rings is 1. The SMILES string of the molecule is COC(=O)NC(Cc1ccccc1)C(=O)NC(Cc1ccc(NS(=O)(=O)O)cc1)c1csc(-c2cccs2)n1.N. The lowest BCUT2D eigenvalue weighted by atomic mass is 10.0. The highest BCUT2D eigenvalue weighted by Crippen LogP contribution is 2.31. The van der Waals surface area contributed by atoms with Crippen molar-refractivity contribution >= 4 is 50.7 Å². The number of nitrogens with one attached hydrogen (secondary N) is 3. The number of anilines is 1. The summed E-state index contributed by atoms with van der Waals surface area (Å²) in [5.41, 5.74) is 2.49. The van der Waals surface area contributed by atoms with Crippen molar-refractivity contribution in [3.05, 3.63) is 94.3 Å². The van der Waals surface area contributed by atoms with Gasteiger partial charge in [0.15, 0.2) is 0 Å². The molecule has 4 rings (SSSR count). The molecule has 0 spiro atoms. The number of amides is 2. The number of carbonyl (C=O) groups is 2. The van der Waals surface area contributed by atoms with E-state index in [0.717, 1.165) is 21.0 Å². The van der Waals surface area contributed by atoms with Gasteiger partial charge < -0.3 is 21.5 Å². The van der Waals surface area contributed by atoms with E-state index in [4.69, 9.17) is 14.3 Å². The van der Waals surface area contributed by atoms with Crippen LogP contribution in [-0.4, -0.2) is 43.1 Å². The van der Waals surface area contributed by atoms with Crippen LogP contribution in [0.1, 0.15) is 22.9 Å². The Hall–Kier alpha value is -3.82. The van der Waals surface area contributed by atoms with Gasteiger partial charge in [0, 0.05) is 11.8 Å². The largest absolute Gasteiger partial charge is 0.453 e. The van der Waals surface area contributed by atoms with E-state index in [1.165, 1.54) is 30.6 Å². The Labute approximate surface area is 240 Å². The number of carbonyl (C=O) groups excluding carboxylic acids is 2. The van der Waals surface area contributed by atoms with Crippen LogP contribution in [0, 0.1) is 0 Å². The minimum atomic E-state index is -4.40. The van der Waals surface area contributed by atoms with Crippen LogP contribution < -0.4 is 21.5 Å². The fourth-order valence-corrected chi connectivity index (χ4v) is 5.94. The van der Waals surface area contributed by atoms with E-state index >= 15 is 0 Å². The van der Waals surface area contributed by atoms with Crippen LogP contribution in [0.25, 0.3) is 9.88 Å². The molecule has 0 radical (unpaired) electrons. The number of methoxy groups -OCH3 is 1. The van der Waals surface area contributed by atoms with Crippen molar-refractivity contribution in [1.82, 2.24) is 21.8 Å². The Balaban J connectivity index is 0.00000441. The highest BCUT2D eigenvalue weighted by Gasteiger charge is 2.26. The average molecular weight is 604 g/mol. The third-order valence-corrected chi connectivity index (χ3v) is 8.04. The molecule has 0 saturated carbocycles. The zero-order valence-electron chi connectivity index (χ0n) is 21.4. The summed E-state index contributed by atoms with van der Waals surface area (Å²) in [5, 5.41) is 10.3. The highest BCUT2D eigenvalue weighted by atomic mass is 32.2. The van der Waals surface area contributed by atoms with Gasteiger partial charge >= 0.3 is 16.4 Å². The monoisotopic (exact) mass is 603 g/mol. The fourth-order valence-electron chi connectivity index (χ4n) is 3.82. The van der Waals surface area contributed by atoms with Crippen LogP contribution in [0.5, 0.6) is 0 Å². The molecule has 0 aliphatic heterocycles. The number of thiazole rings is 1. The van der Waals surface area contributed by atoms with E-state index in [2.05, 4.69) is 10.6 Å². The van der Waals surface area contributed by atoms with Crippen LogP contribution in [-0.2, 0) is 32.7 Å². The number of hydrogen-bond donors (Lipinski definition) is 5. The lowest BCUT2D eigenvalue weighted by Crippen LogP contribution is -2.49. The number of rotatable bonds is 11. The Kier molecular flexibility index (Phi) is 10.8. The average Bonchev–Trinajstić information content (AvgIpc) is 3.61. The van der Waals surface area contributed by atoms with Gasteiger partial charge in [-0.25, -0.2) is 9.78 Å². The fraction of sp³-hybridized carbons (Fsp3) is 0.192. The molecule has 2 aromatic heterocycles. The third-order valence-electron chi connectivity index (χ3n) is 5.64. The van der Waals surface area contributed by atoms with Crippen LogP contribution in [0.15, 0.2) is 77.5 Å². The lowest BCUT2D eigenvalue weighted by Gasteiger charge is -2.23. The van der Waals surface area contributed by atoms with Gasteiger partial charge in [-0.2, -0.15) is 8.42 Å². The number of nitrogens with zero attached hydrogens (tertiary/aromatic N) is 1. The normalized spacial score (nSPS) is 12.4. The molecule has 0 saturated heterocycles. The van der Waals surface area contributed by atoms with Crippen molar-refractivity contribution in [2.75, 3.05) is 11.8 Å². The number of ether oxygens (including phenoxy) is 1. The second-order valence-corrected chi connectivity index (χ2v) is 11.4. The molecule has 2 atom stereocenters. The molecular weight excluding hydrogens is 575 g/mol. The summed E-state index contributed by atoms with van der Waals surface area (Å²) < 4.78 is 38.0. The van der Waals surface area contributed by atoms with E-state index in [1.54, 1.807) is 23.5 Å². The Morgan fingerprint density at radius 3 is 2.27 bits per heavy atom. The molecule has 2 amide bonds. The van der Waals surface area contributed by atoms with Crippen molar-refractivity contribution in [2.45, 2.75) is 24.9 Å². The van der Waals surface area contributed by atoms with Crippen LogP contribution in [0.3, 0.4) is 0 Å². The van der Waals surface area contributed by atoms with E-state index in [1.807, 2.05) is 57.9 Å². The van der Waals surface area contributed by atoms with Gasteiger partial charge in [0.2, 0.25) is 5.91 Å². The molecule has 2 heterocycles.